The third kappa shape index (κ3) is 3.51. The van der Waals surface area contributed by atoms with Gasteiger partial charge in [0.15, 0.2) is 5.43 Å². The van der Waals surface area contributed by atoms with Crippen LogP contribution in [0, 0.1) is 11.6 Å². The summed E-state index contributed by atoms with van der Waals surface area (Å²) in [6.07, 6.45) is 1.38. The van der Waals surface area contributed by atoms with E-state index < -0.39 is 29.0 Å². The van der Waals surface area contributed by atoms with Gasteiger partial charge in [0.1, 0.15) is 11.6 Å². The second-order valence-corrected chi connectivity index (χ2v) is 6.90. The second-order valence-electron chi connectivity index (χ2n) is 6.90. The average molecular weight is 435 g/mol. The van der Waals surface area contributed by atoms with E-state index in [9.17, 15) is 28.3 Å². The highest BCUT2D eigenvalue weighted by molar-refractivity contribution is 5.97. The molecule has 2 aromatic heterocycles. The summed E-state index contributed by atoms with van der Waals surface area (Å²) in [5.41, 5.74) is 0.160. The van der Waals surface area contributed by atoms with Crippen molar-refractivity contribution in [1.29, 1.82) is 0 Å². The molecule has 2 heterocycles. The van der Waals surface area contributed by atoms with Gasteiger partial charge in [-0.15, -0.1) is 0 Å². The molecule has 4 aromatic rings. The number of rotatable bonds is 4. The van der Waals surface area contributed by atoms with Crippen molar-refractivity contribution in [3.8, 4) is 22.4 Å². The van der Waals surface area contributed by atoms with Crippen LogP contribution in [0.15, 0.2) is 71.7 Å². The minimum atomic E-state index is -1.22. The zero-order chi connectivity index (χ0) is 23.0. The first-order valence-corrected chi connectivity index (χ1v) is 9.37. The van der Waals surface area contributed by atoms with Crippen molar-refractivity contribution in [2.45, 2.75) is 0 Å². The van der Waals surface area contributed by atoms with Crippen molar-refractivity contribution < 1.29 is 28.2 Å². The summed E-state index contributed by atoms with van der Waals surface area (Å²) < 4.78 is 34.4. The predicted molar refractivity (Wildman–Crippen MR) is 113 cm³/mol. The number of hydrogen-bond donors (Lipinski definition) is 1. The number of fused-ring (bicyclic) bond motifs is 1. The first-order chi connectivity index (χ1) is 15.3. The first-order valence-electron chi connectivity index (χ1n) is 9.37. The number of aromatic carboxylic acids is 1. The van der Waals surface area contributed by atoms with Gasteiger partial charge in [0.25, 0.3) is 0 Å². The highest BCUT2D eigenvalue weighted by Gasteiger charge is 2.20. The van der Waals surface area contributed by atoms with E-state index in [1.54, 1.807) is 0 Å². The maximum absolute atomic E-state index is 14.9. The number of pyridine rings is 2. The summed E-state index contributed by atoms with van der Waals surface area (Å²) in [6.45, 7) is 0. The first kappa shape index (κ1) is 20.9. The quantitative estimate of drug-likeness (QED) is 0.481. The fraction of sp³-hybridized carbons (Fsp3) is 0.0417. The van der Waals surface area contributed by atoms with E-state index in [1.807, 2.05) is 0 Å². The monoisotopic (exact) mass is 435 g/mol. The van der Waals surface area contributed by atoms with Gasteiger partial charge in [-0.05, 0) is 54.1 Å². The molecule has 0 unspecified atom stereocenters. The van der Waals surface area contributed by atoms with Crippen LogP contribution < -0.4 is 5.43 Å². The van der Waals surface area contributed by atoms with Crippen molar-refractivity contribution in [3.63, 3.8) is 0 Å². The predicted octanol–water partition coefficient (Wildman–Crippen LogP) is 4.40. The van der Waals surface area contributed by atoms with Gasteiger partial charge < -0.3 is 14.2 Å². The standard InChI is InChI=1S/C24H15F2NO5/c1-32-24(31)14-4-7-16(18(26)12-14)21-19-9-8-17(23(29)30)22(27(19)11-10-20(21)28)13-2-5-15(25)6-3-13/h2-12H,1H3,(H,29,30). The maximum atomic E-state index is 14.9. The van der Waals surface area contributed by atoms with Crippen LogP contribution in [0.3, 0.4) is 0 Å². The van der Waals surface area contributed by atoms with E-state index in [0.717, 1.165) is 6.07 Å². The van der Waals surface area contributed by atoms with Crippen molar-refractivity contribution in [2.24, 2.45) is 0 Å². The SMILES string of the molecule is COC(=O)c1ccc(-c2c(=O)ccn3c(-c4ccc(F)cc4)c(C(=O)O)ccc23)c(F)c1. The van der Waals surface area contributed by atoms with Gasteiger partial charge in [-0.3, -0.25) is 4.79 Å². The summed E-state index contributed by atoms with van der Waals surface area (Å²) in [6, 6.07) is 12.7. The number of carbonyl (C=O) groups excluding carboxylic acids is 1. The lowest BCUT2D eigenvalue weighted by atomic mass is 9.99. The third-order valence-corrected chi connectivity index (χ3v) is 5.05. The highest BCUT2D eigenvalue weighted by atomic mass is 19.1. The number of nitrogens with zero attached hydrogens (tertiary/aromatic N) is 1. The van der Waals surface area contributed by atoms with Crippen LogP contribution in [0.5, 0.6) is 0 Å². The molecule has 32 heavy (non-hydrogen) atoms. The Morgan fingerprint density at radius 3 is 2.31 bits per heavy atom. The van der Waals surface area contributed by atoms with Crippen molar-refractivity contribution >= 4 is 17.5 Å². The molecule has 1 N–H and O–H groups in total. The molecule has 0 aliphatic rings. The van der Waals surface area contributed by atoms with Crippen LogP contribution >= 0.6 is 0 Å². The topological polar surface area (TPSA) is 85.1 Å². The molecule has 0 aliphatic carbocycles. The molecule has 8 heteroatoms. The highest BCUT2D eigenvalue weighted by Crippen LogP contribution is 2.31. The molecule has 0 saturated carbocycles. The number of benzene rings is 2. The van der Waals surface area contributed by atoms with Crippen LogP contribution in [0.2, 0.25) is 0 Å². The van der Waals surface area contributed by atoms with Crippen molar-refractivity contribution in [3.05, 3.63) is 99.8 Å². The Bertz CT molecular complexity index is 1440. The molecule has 0 amide bonds. The number of carboxylic acid groups (broad SMARTS) is 1. The Morgan fingerprint density at radius 2 is 1.69 bits per heavy atom. The molecule has 160 valence electrons. The Balaban J connectivity index is 2.05. The number of halogens is 2. The molecular formula is C24H15F2NO5. The lowest BCUT2D eigenvalue weighted by Gasteiger charge is -2.16. The summed E-state index contributed by atoms with van der Waals surface area (Å²) in [4.78, 5) is 36.3. The molecule has 0 spiro atoms. The van der Waals surface area contributed by atoms with Gasteiger partial charge >= 0.3 is 11.9 Å². The zero-order valence-corrected chi connectivity index (χ0v) is 16.6. The molecule has 0 aliphatic heterocycles. The maximum Gasteiger partial charge on any atom is 0.337 e. The number of hydrogen-bond acceptors (Lipinski definition) is 4. The Hall–Kier alpha value is -4.33. The van der Waals surface area contributed by atoms with Crippen LogP contribution in [0.4, 0.5) is 8.78 Å². The Kier molecular flexibility index (Phi) is 5.28. The molecule has 0 fully saturated rings. The Morgan fingerprint density at radius 1 is 0.969 bits per heavy atom. The Labute approximate surface area is 179 Å². The van der Waals surface area contributed by atoms with Crippen LogP contribution in [0.25, 0.3) is 27.9 Å². The molecule has 4 rings (SSSR count). The fourth-order valence-electron chi connectivity index (χ4n) is 3.59. The number of methoxy groups -OCH3 is 1. The average Bonchev–Trinajstić information content (AvgIpc) is 2.78. The summed E-state index contributed by atoms with van der Waals surface area (Å²) in [7, 11) is 1.17. The van der Waals surface area contributed by atoms with Crippen molar-refractivity contribution in [2.75, 3.05) is 7.11 Å². The molecule has 6 nitrogen and oxygen atoms in total. The fourth-order valence-corrected chi connectivity index (χ4v) is 3.59. The van der Waals surface area contributed by atoms with Crippen LogP contribution in [-0.4, -0.2) is 28.6 Å². The normalized spacial score (nSPS) is 10.8. The number of esters is 1. The van der Waals surface area contributed by atoms with E-state index in [0.29, 0.717) is 5.56 Å². The minimum absolute atomic E-state index is 0.0123. The lowest BCUT2D eigenvalue weighted by Crippen LogP contribution is -2.12. The summed E-state index contributed by atoms with van der Waals surface area (Å²) in [5.74, 6) is -3.26. The summed E-state index contributed by atoms with van der Waals surface area (Å²) >= 11 is 0. The minimum Gasteiger partial charge on any atom is -0.478 e. The van der Waals surface area contributed by atoms with Crippen LogP contribution in [-0.2, 0) is 4.74 Å². The van der Waals surface area contributed by atoms with E-state index >= 15 is 0 Å². The van der Waals surface area contributed by atoms with Gasteiger partial charge in [0.2, 0.25) is 0 Å². The molecule has 0 atom stereocenters. The molecule has 2 aromatic carbocycles. The number of aromatic nitrogens is 1. The van der Waals surface area contributed by atoms with E-state index in [2.05, 4.69) is 4.74 Å². The molecule has 0 bridgehead atoms. The van der Waals surface area contributed by atoms with E-state index in [1.165, 1.54) is 72.3 Å². The van der Waals surface area contributed by atoms with Crippen molar-refractivity contribution in [1.82, 2.24) is 4.40 Å². The van der Waals surface area contributed by atoms with Gasteiger partial charge in [-0.1, -0.05) is 6.07 Å². The van der Waals surface area contributed by atoms with Gasteiger partial charge in [-0.2, -0.15) is 0 Å². The largest absolute Gasteiger partial charge is 0.478 e. The molecule has 0 saturated heterocycles. The number of carboxylic acids is 1. The number of carbonyl (C=O) groups is 2. The molecular weight excluding hydrogens is 420 g/mol. The van der Waals surface area contributed by atoms with E-state index in [4.69, 9.17) is 0 Å². The number of ether oxygens (including phenoxy) is 1. The smallest absolute Gasteiger partial charge is 0.337 e. The van der Waals surface area contributed by atoms with Crippen LogP contribution in [0.1, 0.15) is 20.7 Å². The van der Waals surface area contributed by atoms with Gasteiger partial charge in [0, 0.05) is 17.8 Å². The zero-order valence-electron chi connectivity index (χ0n) is 16.6. The third-order valence-electron chi connectivity index (χ3n) is 5.05. The van der Waals surface area contributed by atoms with Gasteiger partial charge in [0.05, 0.1) is 35.0 Å². The van der Waals surface area contributed by atoms with Gasteiger partial charge in [-0.25, -0.2) is 18.4 Å². The second kappa shape index (κ2) is 8.07. The van der Waals surface area contributed by atoms with E-state index in [-0.39, 0.29) is 33.5 Å². The lowest BCUT2D eigenvalue weighted by molar-refractivity contribution is 0.0599. The summed E-state index contributed by atoms with van der Waals surface area (Å²) in [5, 5.41) is 9.68. The molecule has 0 radical (unpaired) electrons.